The number of aryl methyl sites for hydroxylation is 1. The van der Waals surface area contributed by atoms with Crippen molar-refractivity contribution in [3.05, 3.63) is 63.7 Å². The summed E-state index contributed by atoms with van der Waals surface area (Å²) in [6.07, 6.45) is 5.64. The largest absolute Gasteiger partial charge is 0.311 e. The summed E-state index contributed by atoms with van der Waals surface area (Å²) >= 11 is 1.91. The molecule has 3 aromatic rings. The highest BCUT2D eigenvalue weighted by molar-refractivity contribution is 7.98. The molecule has 5 rings (SSSR count). The van der Waals surface area contributed by atoms with Gasteiger partial charge in [0.25, 0.3) is 5.56 Å². The van der Waals surface area contributed by atoms with Crippen molar-refractivity contribution in [3.8, 4) is 11.1 Å². The first-order valence-electron chi connectivity index (χ1n) is 11.4. The van der Waals surface area contributed by atoms with Gasteiger partial charge in [-0.15, -0.1) is 0 Å². The van der Waals surface area contributed by atoms with Crippen LogP contribution >= 0.6 is 11.8 Å². The Bertz CT molecular complexity index is 1180. The first-order chi connectivity index (χ1) is 15.0. The van der Waals surface area contributed by atoms with E-state index in [1.807, 2.05) is 36.9 Å². The van der Waals surface area contributed by atoms with Crippen molar-refractivity contribution >= 4 is 22.7 Å². The fraction of sp³-hybridized carbons (Fsp3) is 0.462. The molecular weight excluding hydrogens is 402 g/mol. The summed E-state index contributed by atoms with van der Waals surface area (Å²) in [5.74, 6) is 1.81. The molecule has 0 N–H and O–H groups in total. The van der Waals surface area contributed by atoms with Crippen LogP contribution in [-0.2, 0) is 19.5 Å². The summed E-state index contributed by atoms with van der Waals surface area (Å²) < 4.78 is 2.12. The maximum Gasteiger partial charge on any atom is 0.258 e. The number of hydrogen-bond donors (Lipinski definition) is 0. The van der Waals surface area contributed by atoms with E-state index in [2.05, 4.69) is 40.8 Å². The lowest BCUT2D eigenvalue weighted by atomic mass is 9.96. The number of hydrogen-bond acceptors (Lipinski definition) is 4. The zero-order valence-electron chi connectivity index (χ0n) is 18.7. The molecule has 162 valence electrons. The first-order valence-corrected chi connectivity index (χ1v) is 12.8. The van der Waals surface area contributed by atoms with E-state index >= 15 is 0 Å². The van der Waals surface area contributed by atoms with Gasteiger partial charge in [0.1, 0.15) is 0 Å². The highest BCUT2D eigenvalue weighted by Crippen LogP contribution is 2.33. The maximum atomic E-state index is 13.8. The molecule has 2 aliphatic rings. The van der Waals surface area contributed by atoms with Crippen LogP contribution in [-0.4, -0.2) is 39.0 Å². The summed E-state index contributed by atoms with van der Waals surface area (Å²) in [5, 5.41) is 1.06. The second-order valence-electron chi connectivity index (χ2n) is 9.24. The van der Waals surface area contributed by atoms with Crippen molar-refractivity contribution in [3.63, 3.8) is 0 Å². The van der Waals surface area contributed by atoms with Crippen molar-refractivity contribution < 1.29 is 0 Å². The quantitative estimate of drug-likeness (QED) is 0.555. The average molecular weight is 434 g/mol. The van der Waals surface area contributed by atoms with Crippen LogP contribution < -0.4 is 5.56 Å². The molecule has 0 radical (unpaired) electrons. The third kappa shape index (κ3) is 4.06. The Morgan fingerprint density at radius 1 is 1.19 bits per heavy atom. The van der Waals surface area contributed by atoms with Crippen LogP contribution in [0.3, 0.4) is 0 Å². The van der Waals surface area contributed by atoms with Gasteiger partial charge in [-0.05, 0) is 68.2 Å². The third-order valence-corrected chi connectivity index (χ3v) is 7.65. The van der Waals surface area contributed by atoms with Gasteiger partial charge in [-0.1, -0.05) is 18.2 Å². The minimum Gasteiger partial charge on any atom is -0.311 e. The van der Waals surface area contributed by atoms with Crippen LogP contribution in [0.5, 0.6) is 0 Å². The second-order valence-corrected chi connectivity index (χ2v) is 10.1. The SMILES string of the molecule is CSCC(C)N1CCc2c(cc(-c3cccc4nc(C)ccc34)c(=O)n2CC2CC2)C1. The predicted molar refractivity (Wildman–Crippen MR) is 131 cm³/mol. The molecule has 1 atom stereocenters. The maximum absolute atomic E-state index is 13.8. The van der Waals surface area contributed by atoms with Gasteiger partial charge in [0.05, 0.1) is 5.52 Å². The van der Waals surface area contributed by atoms with E-state index in [1.165, 1.54) is 24.1 Å². The Balaban J connectivity index is 1.65. The molecule has 1 unspecified atom stereocenters. The lowest BCUT2D eigenvalue weighted by Crippen LogP contribution is -2.41. The van der Waals surface area contributed by atoms with E-state index < -0.39 is 0 Å². The van der Waals surface area contributed by atoms with Crippen molar-refractivity contribution in [2.45, 2.75) is 52.2 Å². The smallest absolute Gasteiger partial charge is 0.258 e. The average Bonchev–Trinajstić information content (AvgIpc) is 3.59. The monoisotopic (exact) mass is 433 g/mol. The van der Waals surface area contributed by atoms with Crippen LogP contribution in [0.15, 0.2) is 41.2 Å². The van der Waals surface area contributed by atoms with Crippen LogP contribution in [0.4, 0.5) is 0 Å². The Hall–Kier alpha value is -2.11. The summed E-state index contributed by atoms with van der Waals surface area (Å²) in [5.41, 5.74) is 6.56. The zero-order chi connectivity index (χ0) is 21.5. The predicted octanol–water partition coefficient (Wildman–Crippen LogP) is 4.89. The van der Waals surface area contributed by atoms with E-state index in [0.717, 1.165) is 59.5 Å². The Morgan fingerprint density at radius 2 is 2.03 bits per heavy atom. The molecule has 4 nitrogen and oxygen atoms in total. The molecule has 31 heavy (non-hydrogen) atoms. The van der Waals surface area contributed by atoms with Crippen LogP contribution in [0.2, 0.25) is 0 Å². The van der Waals surface area contributed by atoms with Gasteiger partial charge in [0.15, 0.2) is 0 Å². The summed E-state index contributed by atoms with van der Waals surface area (Å²) in [7, 11) is 0. The Kier molecular flexibility index (Phi) is 5.65. The number of thioether (sulfide) groups is 1. The highest BCUT2D eigenvalue weighted by Gasteiger charge is 2.29. The standard InChI is InChI=1S/C26H31N3OS/c1-17-7-10-22-21(5-4-6-24(22)27-17)23-13-20-15-28(18(2)16-31-3)12-11-25(20)29(26(23)30)14-19-8-9-19/h4-7,10,13,18-19H,8-9,11-12,14-16H2,1-3H3. The number of nitrogens with zero attached hydrogens (tertiary/aromatic N) is 3. The lowest BCUT2D eigenvalue weighted by Gasteiger charge is -2.35. The number of pyridine rings is 2. The summed E-state index contributed by atoms with van der Waals surface area (Å²) in [6, 6.07) is 13.0. The number of rotatable bonds is 6. The molecule has 1 aliphatic heterocycles. The van der Waals surface area contributed by atoms with E-state index in [1.54, 1.807) is 0 Å². The van der Waals surface area contributed by atoms with Gasteiger partial charge >= 0.3 is 0 Å². The first kappa shape index (κ1) is 20.8. The number of benzene rings is 1. The molecule has 0 saturated heterocycles. The fourth-order valence-corrected chi connectivity index (χ4v) is 5.59. The molecule has 0 bridgehead atoms. The highest BCUT2D eigenvalue weighted by atomic mass is 32.2. The van der Waals surface area contributed by atoms with Gasteiger partial charge < -0.3 is 4.57 Å². The zero-order valence-corrected chi connectivity index (χ0v) is 19.5. The van der Waals surface area contributed by atoms with Gasteiger partial charge in [-0.3, -0.25) is 14.7 Å². The van der Waals surface area contributed by atoms with Crippen molar-refractivity contribution in [2.24, 2.45) is 5.92 Å². The molecule has 1 fully saturated rings. The Labute approximate surface area is 188 Å². The third-order valence-electron chi connectivity index (χ3n) is 6.83. The van der Waals surface area contributed by atoms with E-state index in [-0.39, 0.29) is 5.56 Å². The van der Waals surface area contributed by atoms with Gasteiger partial charge in [0.2, 0.25) is 0 Å². The molecule has 2 aromatic heterocycles. The minimum atomic E-state index is 0.171. The fourth-order valence-electron chi connectivity index (χ4n) is 4.90. The topological polar surface area (TPSA) is 38.1 Å². The molecular formula is C26H31N3OS. The number of fused-ring (bicyclic) bond motifs is 2. The molecule has 1 saturated carbocycles. The molecule has 5 heteroatoms. The lowest BCUT2D eigenvalue weighted by molar-refractivity contribution is 0.202. The van der Waals surface area contributed by atoms with Gasteiger partial charge in [-0.25, -0.2) is 0 Å². The van der Waals surface area contributed by atoms with Crippen LogP contribution in [0.25, 0.3) is 22.0 Å². The van der Waals surface area contributed by atoms with Crippen molar-refractivity contribution in [1.29, 1.82) is 0 Å². The van der Waals surface area contributed by atoms with E-state index in [4.69, 9.17) is 4.98 Å². The van der Waals surface area contributed by atoms with Gasteiger partial charge in [-0.2, -0.15) is 11.8 Å². The molecule has 1 aliphatic carbocycles. The second kappa shape index (κ2) is 8.44. The normalized spacial score (nSPS) is 17.6. The molecule has 0 amide bonds. The Morgan fingerprint density at radius 3 is 2.81 bits per heavy atom. The minimum absolute atomic E-state index is 0.171. The molecule has 3 heterocycles. The van der Waals surface area contributed by atoms with E-state index in [0.29, 0.717) is 12.0 Å². The summed E-state index contributed by atoms with van der Waals surface area (Å²) in [4.78, 5) is 21.0. The summed E-state index contributed by atoms with van der Waals surface area (Å²) in [6.45, 7) is 7.17. The number of aromatic nitrogens is 2. The van der Waals surface area contributed by atoms with Crippen molar-refractivity contribution in [1.82, 2.24) is 14.5 Å². The van der Waals surface area contributed by atoms with Crippen molar-refractivity contribution in [2.75, 3.05) is 18.6 Å². The van der Waals surface area contributed by atoms with Gasteiger partial charge in [0, 0.05) is 60.2 Å². The van der Waals surface area contributed by atoms with Crippen LogP contribution in [0, 0.1) is 12.8 Å². The van der Waals surface area contributed by atoms with E-state index in [9.17, 15) is 4.79 Å². The molecule has 0 spiro atoms. The molecule has 1 aromatic carbocycles. The van der Waals surface area contributed by atoms with Crippen LogP contribution in [0.1, 0.15) is 36.7 Å².